The minimum atomic E-state index is -0.704. The molecule has 172 valence electrons. The van der Waals surface area contributed by atoms with Crippen molar-refractivity contribution in [2.24, 2.45) is 7.05 Å². The fourth-order valence-electron chi connectivity index (χ4n) is 3.73. The van der Waals surface area contributed by atoms with Gasteiger partial charge in [-0.3, -0.25) is 4.98 Å². The molecular formula is C25H28N4O4. The van der Waals surface area contributed by atoms with E-state index in [1.807, 2.05) is 71.4 Å². The van der Waals surface area contributed by atoms with Crippen LogP contribution in [0.2, 0.25) is 0 Å². The van der Waals surface area contributed by atoms with E-state index in [9.17, 15) is 5.11 Å². The van der Waals surface area contributed by atoms with Crippen LogP contribution in [0.25, 0.3) is 22.3 Å². The van der Waals surface area contributed by atoms with Gasteiger partial charge in [0.15, 0.2) is 0 Å². The van der Waals surface area contributed by atoms with Gasteiger partial charge in [0.1, 0.15) is 11.5 Å². The lowest BCUT2D eigenvalue weighted by atomic mass is 10.1. The Morgan fingerprint density at radius 2 is 1.73 bits per heavy atom. The number of aliphatic hydroxyl groups is 1. The Labute approximate surface area is 193 Å². The maximum Gasteiger partial charge on any atom is 0.124 e. The second-order valence-corrected chi connectivity index (χ2v) is 7.78. The summed E-state index contributed by atoms with van der Waals surface area (Å²) in [6.45, 7) is 0.518. The third kappa shape index (κ3) is 5.08. The zero-order chi connectivity index (χ0) is 23.4. The highest BCUT2D eigenvalue weighted by Gasteiger charge is 2.18. The number of methoxy groups -OCH3 is 3. The van der Waals surface area contributed by atoms with Crippen LogP contribution in [0.1, 0.15) is 0 Å². The first-order valence-corrected chi connectivity index (χ1v) is 10.6. The van der Waals surface area contributed by atoms with Gasteiger partial charge in [-0.2, -0.15) is 0 Å². The average Bonchev–Trinajstić information content (AvgIpc) is 3.27. The van der Waals surface area contributed by atoms with E-state index in [0.717, 1.165) is 33.7 Å². The van der Waals surface area contributed by atoms with E-state index in [2.05, 4.69) is 4.98 Å². The molecule has 4 aromatic rings. The number of aryl methyl sites for hydroxylation is 1. The fourth-order valence-corrected chi connectivity index (χ4v) is 3.73. The number of aliphatic hydroxyl groups excluding tert-OH is 1. The van der Waals surface area contributed by atoms with Gasteiger partial charge in [0.05, 0.1) is 56.4 Å². The van der Waals surface area contributed by atoms with Crippen molar-refractivity contribution in [3.63, 3.8) is 0 Å². The maximum atomic E-state index is 10.5. The largest absolute Gasteiger partial charge is 0.497 e. The molecule has 8 heteroatoms. The normalized spacial score (nSPS) is 12.0. The third-order valence-electron chi connectivity index (χ3n) is 5.37. The van der Waals surface area contributed by atoms with Crippen LogP contribution in [-0.4, -0.2) is 60.2 Å². The monoisotopic (exact) mass is 448 g/mol. The summed E-state index contributed by atoms with van der Waals surface area (Å²) in [5.74, 6) is 1.31. The van der Waals surface area contributed by atoms with Gasteiger partial charge in [-0.25, -0.2) is 4.98 Å². The highest BCUT2D eigenvalue weighted by Crippen LogP contribution is 2.34. The van der Waals surface area contributed by atoms with Gasteiger partial charge in [0, 0.05) is 61.7 Å². The van der Waals surface area contributed by atoms with Crippen molar-refractivity contribution >= 4 is 22.4 Å². The molecule has 0 saturated carbocycles. The molecule has 8 nitrogen and oxygen atoms in total. The summed E-state index contributed by atoms with van der Waals surface area (Å²) in [7, 11) is 6.76. The quantitative estimate of drug-likeness (QED) is 0.417. The Hall–Kier alpha value is -3.62. The van der Waals surface area contributed by atoms with Gasteiger partial charge in [-0.05, 0) is 24.3 Å². The van der Waals surface area contributed by atoms with Crippen LogP contribution in [0.4, 0.5) is 11.4 Å². The van der Waals surface area contributed by atoms with Gasteiger partial charge in [0.25, 0.3) is 0 Å². The molecule has 0 bridgehead atoms. The molecule has 2 aromatic carbocycles. The van der Waals surface area contributed by atoms with Gasteiger partial charge < -0.3 is 28.8 Å². The summed E-state index contributed by atoms with van der Waals surface area (Å²) < 4.78 is 18.0. The van der Waals surface area contributed by atoms with E-state index < -0.39 is 6.10 Å². The second kappa shape index (κ2) is 9.89. The van der Waals surface area contributed by atoms with Gasteiger partial charge in [0.2, 0.25) is 0 Å². The summed E-state index contributed by atoms with van der Waals surface area (Å²) in [5, 5.41) is 10.5. The molecule has 2 aromatic heterocycles. The number of hydrogen-bond donors (Lipinski definition) is 1. The summed E-state index contributed by atoms with van der Waals surface area (Å²) in [5.41, 5.74) is 5.02. The zero-order valence-electron chi connectivity index (χ0n) is 19.2. The van der Waals surface area contributed by atoms with Crippen LogP contribution >= 0.6 is 0 Å². The van der Waals surface area contributed by atoms with Crippen molar-refractivity contribution in [2.45, 2.75) is 6.10 Å². The minimum Gasteiger partial charge on any atom is -0.497 e. The molecule has 0 fully saturated rings. The second-order valence-electron chi connectivity index (χ2n) is 7.78. The van der Waals surface area contributed by atoms with Crippen molar-refractivity contribution < 1.29 is 19.3 Å². The van der Waals surface area contributed by atoms with Gasteiger partial charge >= 0.3 is 0 Å². The molecule has 33 heavy (non-hydrogen) atoms. The first kappa shape index (κ1) is 22.6. The number of rotatable bonds is 9. The van der Waals surface area contributed by atoms with E-state index >= 15 is 0 Å². The first-order valence-electron chi connectivity index (χ1n) is 10.6. The van der Waals surface area contributed by atoms with Crippen LogP contribution in [0.15, 0.2) is 61.1 Å². The molecule has 0 aliphatic carbocycles. The first-order chi connectivity index (χ1) is 16.0. The Balaban J connectivity index is 1.79. The molecule has 1 N–H and O–H groups in total. The number of aromatic nitrogens is 3. The fraction of sp³-hybridized carbons (Fsp3) is 0.280. The summed E-state index contributed by atoms with van der Waals surface area (Å²) in [4.78, 5) is 11.4. The van der Waals surface area contributed by atoms with Crippen LogP contribution in [0.3, 0.4) is 0 Å². The SMILES string of the molecule is COC[C@@H](O)CN(c1cc(OC)cc(OC)c1)c1ccc2ncc(-c3ccn(C)c3)nc2c1. The molecule has 0 amide bonds. The standard InChI is InChI=1S/C25H28N4O4/c1-28-8-7-17(14-28)25-13-26-23-6-5-18(11-24(23)27-25)29(15-20(30)16-31-2)19-9-21(32-3)12-22(10-19)33-4/h5-14,20,30H,15-16H2,1-4H3/t20-/m0/s1. The van der Waals surface area contributed by atoms with Crippen molar-refractivity contribution in [3.8, 4) is 22.8 Å². The van der Waals surface area contributed by atoms with Crippen molar-refractivity contribution in [1.82, 2.24) is 14.5 Å². The molecule has 0 saturated heterocycles. The molecule has 1 atom stereocenters. The highest BCUT2D eigenvalue weighted by molar-refractivity contribution is 5.82. The third-order valence-corrected chi connectivity index (χ3v) is 5.37. The lowest BCUT2D eigenvalue weighted by Gasteiger charge is -2.28. The van der Waals surface area contributed by atoms with Crippen LogP contribution in [-0.2, 0) is 11.8 Å². The number of anilines is 2. The number of ether oxygens (including phenoxy) is 3. The summed E-state index contributed by atoms with van der Waals surface area (Å²) in [6, 6.07) is 13.5. The minimum absolute atomic E-state index is 0.211. The summed E-state index contributed by atoms with van der Waals surface area (Å²) in [6.07, 6.45) is 5.07. The number of nitrogens with zero attached hydrogens (tertiary/aromatic N) is 4. The smallest absolute Gasteiger partial charge is 0.124 e. The molecule has 2 heterocycles. The van der Waals surface area contributed by atoms with Crippen LogP contribution in [0.5, 0.6) is 11.5 Å². The number of benzene rings is 2. The van der Waals surface area contributed by atoms with E-state index in [1.54, 1.807) is 27.5 Å². The van der Waals surface area contributed by atoms with Crippen LogP contribution in [0, 0.1) is 0 Å². The molecule has 0 aliphatic heterocycles. The zero-order valence-corrected chi connectivity index (χ0v) is 19.2. The highest BCUT2D eigenvalue weighted by atomic mass is 16.5. The molecule has 0 radical (unpaired) electrons. The van der Waals surface area contributed by atoms with E-state index in [4.69, 9.17) is 19.2 Å². The molecule has 4 rings (SSSR count). The predicted molar refractivity (Wildman–Crippen MR) is 128 cm³/mol. The maximum absolute atomic E-state index is 10.5. The lowest BCUT2D eigenvalue weighted by Crippen LogP contribution is -2.31. The van der Waals surface area contributed by atoms with Crippen molar-refractivity contribution in [1.29, 1.82) is 0 Å². The molecule has 0 spiro atoms. The Bertz CT molecular complexity index is 1220. The van der Waals surface area contributed by atoms with Crippen molar-refractivity contribution in [2.75, 3.05) is 39.4 Å². The van der Waals surface area contributed by atoms with Crippen molar-refractivity contribution in [3.05, 3.63) is 61.1 Å². The Morgan fingerprint density at radius 1 is 0.970 bits per heavy atom. The number of hydrogen-bond acceptors (Lipinski definition) is 7. The molecule has 0 unspecified atom stereocenters. The predicted octanol–water partition coefficient (Wildman–Crippen LogP) is 3.80. The number of fused-ring (bicyclic) bond motifs is 1. The van der Waals surface area contributed by atoms with E-state index in [0.29, 0.717) is 18.0 Å². The van der Waals surface area contributed by atoms with Gasteiger partial charge in [-0.15, -0.1) is 0 Å². The van der Waals surface area contributed by atoms with Gasteiger partial charge in [-0.1, -0.05) is 0 Å². The van der Waals surface area contributed by atoms with E-state index in [-0.39, 0.29) is 6.61 Å². The Kier molecular flexibility index (Phi) is 6.76. The molecule has 0 aliphatic rings. The lowest BCUT2D eigenvalue weighted by molar-refractivity contribution is 0.0702. The molecular weight excluding hydrogens is 420 g/mol. The topological polar surface area (TPSA) is 81.9 Å². The van der Waals surface area contributed by atoms with Crippen LogP contribution < -0.4 is 14.4 Å². The van der Waals surface area contributed by atoms with E-state index in [1.165, 1.54) is 0 Å². The Morgan fingerprint density at radius 3 is 2.36 bits per heavy atom. The average molecular weight is 449 g/mol. The summed E-state index contributed by atoms with van der Waals surface area (Å²) >= 11 is 0.